The third kappa shape index (κ3) is 7.87. The lowest BCUT2D eigenvalue weighted by Gasteiger charge is -2.53. The van der Waals surface area contributed by atoms with E-state index in [1.54, 1.807) is 42.3 Å². The second kappa shape index (κ2) is 17.1. The second-order valence-corrected chi connectivity index (χ2v) is 20.7. The molecule has 0 saturated carbocycles. The van der Waals surface area contributed by atoms with Crippen molar-refractivity contribution in [3.63, 3.8) is 0 Å². The largest absolute Gasteiger partial charge is 0.501 e. The van der Waals surface area contributed by atoms with Crippen LogP contribution < -0.4 is 20.5 Å². The number of halogens is 4. The van der Waals surface area contributed by atoms with Gasteiger partial charge in [-0.2, -0.15) is 13.2 Å². The molecule has 9 rings (SSSR count). The normalized spacial score (nSPS) is 19.8. The van der Waals surface area contributed by atoms with Crippen LogP contribution in [-0.2, 0) is 22.3 Å². The number of amides is 1. The van der Waals surface area contributed by atoms with Gasteiger partial charge >= 0.3 is 5.51 Å². The van der Waals surface area contributed by atoms with E-state index in [1.165, 1.54) is 23.5 Å². The van der Waals surface area contributed by atoms with E-state index in [0.717, 1.165) is 90.2 Å². The van der Waals surface area contributed by atoms with E-state index in [2.05, 4.69) is 60.4 Å². The van der Waals surface area contributed by atoms with E-state index in [-0.39, 0.29) is 23.2 Å². The first-order valence-electron chi connectivity index (χ1n) is 21.1. The Morgan fingerprint density at radius 1 is 0.846 bits per heavy atom. The molecule has 4 aliphatic rings. The highest BCUT2D eigenvalue weighted by atomic mass is 35.5. The zero-order valence-corrected chi connectivity index (χ0v) is 39.5. The SMILES string of the molecule is CSN1CCN2C(=O)c3c(c(-c4ccc(Cl)cc4)n(C)c3C)C3(C)C=C(N4CCN(c5ccc(NNc6ccc(NSc7ccccc7)c(S(=O)(=O)C(F)(F)F)c6)cc5)CC4)C(C)C1=C23. The molecule has 2 atom stereocenters. The molecule has 1 saturated heterocycles. The van der Waals surface area contributed by atoms with Crippen molar-refractivity contribution >= 4 is 74.0 Å². The Balaban J connectivity index is 0.929. The van der Waals surface area contributed by atoms with E-state index < -0.39 is 25.7 Å². The number of allylic oxidation sites excluding steroid dienone is 1. The first kappa shape index (κ1) is 44.8. The summed E-state index contributed by atoms with van der Waals surface area (Å²) in [6.07, 6.45) is 4.53. The maximum atomic E-state index is 14.5. The second-order valence-electron chi connectivity index (χ2n) is 16.7. The van der Waals surface area contributed by atoms with Gasteiger partial charge in [0.2, 0.25) is 0 Å². The molecule has 340 valence electrons. The number of nitrogens with one attached hydrogen (secondary N) is 3. The predicted molar refractivity (Wildman–Crippen MR) is 257 cm³/mol. The standard InChI is InChI=1S/C47H48ClF3N8O3S3/c1-29-38(28-46(3)41-40(45(60)58-25-26-59(63-5)42(29)44(46)58)30(2)55(4)43(41)31-11-13-32(48)14-12-31)57-23-21-56(22-24-57)35-18-15-33(16-19-35)52-53-34-17-20-37(54-64-36-9-7-6-8-10-36)39(27-34)65(61,62)47(49,50)51/h6-20,27-29,52-54H,21-26H2,1-5H3. The molecular formula is C47H48ClF3N8O3S3. The van der Waals surface area contributed by atoms with Crippen LogP contribution in [0.3, 0.4) is 0 Å². The Labute approximate surface area is 390 Å². The number of carbonyl (C=O) groups is 1. The average Bonchev–Trinajstić information content (AvgIpc) is 3.58. The van der Waals surface area contributed by atoms with Gasteiger partial charge < -0.3 is 39.1 Å². The van der Waals surface area contributed by atoms with Crippen LogP contribution in [0, 0.1) is 12.8 Å². The Kier molecular flexibility index (Phi) is 11.8. The summed E-state index contributed by atoms with van der Waals surface area (Å²) >= 11 is 9.07. The molecule has 3 N–H and O–H groups in total. The molecule has 18 heteroatoms. The number of anilines is 4. The van der Waals surface area contributed by atoms with Gasteiger partial charge in [0.15, 0.2) is 0 Å². The Bertz CT molecular complexity index is 2830. The molecule has 0 radical (unpaired) electrons. The Hall–Kier alpha value is -5.36. The van der Waals surface area contributed by atoms with Crippen molar-refractivity contribution in [3.05, 3.63) is 142 Å². The fourth-order valence-electron chi connectivity index (χ4n) is 9.63. The highest BCUT2D eigenvalue weighted by molar-refractivity contribution is 8.00. The van der Waals surface area contributed by atoms with Crippen LogP contribution in [0.1, 0.15) is 35.5 Å². The number of hydrazine groups is 1. The summed E-state index contributed by atoms with van der Waals surface area (Å²) in [6.45, 7) is 11.0. The Morgan fingerprint density at radius 3 is 2.15 bits per heavy atom. The molecule has 4 aromatic carbocycles. The number of rotatable bonds is 11. The van der Waals surface area contributed by atoms with Crippen LogP contribution in [0.15, 0.2) is 130 Å². The number of hydrogen-bond acceptors (Lipinski definition) is 11. The Morgan fingerprint density at radius 2 is 1.49 bits per heavy atom. The van der Waals surface area contributed by atoms with Crippen molar-refractivity contribution in [1.82, 2.24) is 18.7 Å². The predicted octanol–water partition coefficient (Wildman–Crippen LogP) is 10.4. The molecule has 0 spiro atoms. The number of carbonyl (C=O) groups excluding carboxylic acids is 1. The van der Waals surface area contributed by atoms with E-state index in [0.29, 0.717) is 22.2 Å². The summed E-state index contributed by atoms with van der Waals surface area (Å²) in [5.74, 6) is 0.0982. The molecule has 65 heavy (non-hydrogen) atoms. The highest BCUT2D eigenvalue weighted by Crippen LogP contribution is 2.56. The van der Waals surface area contributed by atoms with Gasteiger partial charge in [-0.05, 0) is 104 Å². The third-order valence-corrected chi connectivity index (χ3v) is 16.3. The van der Waals surface area contributed by atoms with Gasteiger partial charge in [0.05, 0.1) is 45.1 Å². The van der Waals surface area contributed by atoms with Gasteiger partial charge in [-0.3, -0.25) is 4.79 Å². The quantitative estimate of drug-likeness (QED) is 0.0871. The summed E-state index contributed by atoms with van der Waals surface area (Å²) < 4.78 is 73.9. The van der Waals surface area contributed by atoms with Crippen LogP contribution in [0.25, 0.3) is 11.3 Å². The minimum atomic E-state index is -5.67. The average molecular weight is 962 g/mol. The van der Waals surface area contributed by atoms with Gasteiger partial charge in [-0.25, -0.2) is 8.42 Å². The molecule has 3 aliphatic heterocycles. The van der Waals surface area contributed by atoms with Crippen molar-refractivity contribution in [2.24, 2.45) is 13.0 Å². The molecule has 1 aliphatic carbocycles. The van der Waals surface area contributed by atoms with Gasteiger partial charge in [-0.15, -0.1) is 0 Å². The monoisotopic (exact) mass is 960 g/mol. The molecule has 0 bridgehead atoms. The van der Waals surface area contributed by atoms with Crippen LogP contribution in [0.5, 0.6) is 0 Å². The van der Waals surface area contributed by atoms with Gasteiger partial charge in [0.1, 0.15) is 4.90 Å². The molecule has 1 fully saturated rings. The maximum Gasteiger partial charge on any atom is 0.501 e. The maximum absolute atomic E-state index is 14.5. The summed E-state index contributed by atoms with van der Waals surface area (Å²) in [5, 5.41) is 0.655. The molecule has 4 heterocycles. The fourth-order valence-corrected chi connectivity index (χ4v) is 12.2. The number of alkyl halides is 3. The van der Waals surface area contributed by atoms with Crippen molar-refractivity contribution in [2.75, 3.05) is 66.0 Å². The lowest BCUT2D eigenvalue weighted by atomic mass is 9.67. The van der Waals surface area contributed by atoms with E-state index >= 15 is 0 Å². The number of sulfone groups is 1. The molecule has 1 aromatic heterocycles. The number of aromatic nitrogens is 1. The van der Waals surface area contributed by atoms with Crippen molar-refractivity contribution < 1.29 is 26.4 Å². The number of nitrogens with zero attached hydrogens (tertiary/aromatic N) is 5. The highest BCUT2D eigenvalue weighted by Gasteiger charge is 2.54. The minimum Gasteiger partial charge on any atom is -0.371 e. The molecular weight excluding hydrogens is 913 g/mol. The van der Waals surface area contributed by atoms with Crippen LogP contribution in [0.2, 0.25) is 5.02 Å². The van der Waals surface area contributed by atoms with Gasteiger partial charge in [-0.1, -0.05) is 60.8 Å². The van der Waals surface area contributed by atoms with Gasteiger partial charge in [0.25, 0.3) is 15.7 Å². The minimum absolute atomic E-state index is 0.0427. The lowest BCUT2D eigenvalue weighted by molar-refractivity contribution is -0.0435. The molecule has 1 amide bonds. The van der Waals surface area contributed by atoms with Crippen LogP contribution >= 0.6 is 35.5 Å². The van der Waals surface area contributed by atoms with E-state index in [9.17, 15) is 26.4 Å². The third-order valence-electron chi connectivity index (χ3n) is 12.9. The van der Waals surface area contributed by atoms with Crippen molar-refractivity contribution in [3.8, 4) is 11.3 Å². The van der Waals surface area contributed by atoms with Gasteiger partial charge in [0, 0.05) is 91.0 Å². The van der Waals surface area contributed by atoms with Crippen molar-refractivity contribution in [1.29, 1.82) is 0 Å². The smallest absolute Gasteiger partial charge is 0.371 e. The van der Waals surface area contributed by atoms with E-state index in [4.69, 9.17) is 11.6 Å². The number of hydrogen-bond donors (Lipinski definition) is 3. The summed E-state index contributed by atoms with van der Waals surface area (Å²) in [4.78, 5) is 21.2. The topological polar surface area (TPSA) is 105 Å². The first-order chi connectivity index (χ1) is 31.0. The molecule has 11 nitrogen and oxygen atoms in total. The summed E-state index contributed by atoms with van der Waals surface area (Å²) in [5.41, 5.74) is 9.61. The van der Waals surface area contributed by atoms with Crippen LogP contribution in [0.4, 0.5) is 35.9 Å². The van der Waals surface area contributed by atoms with Crippen molar-refractivity contribution in [2.45, 2.75) is 41.5 Å². The fraction of sp³-hybridized carbons (Fsp3) is 0.298. The molecule has 5 aromatic rings. The van der Waals surface area contributed by atoms with Crippen LogP contribution in [-0.4, -0.2) is 84.0 Å². The zero-order valence-electron chi connectivity index (χ0n) is 36.3. The summed E-state index contributed by atoms with van der Waals surface area (Å²) in [7, 11) is -3.63. The number of benzene rings is 4. The first-order valence-corrected chi connectivity index (χ1v) is 25.0. The van der Waals surface area contributed by atoms with E-state index in [1.807, 2.05) is 67.4 Å². The lowest BCUT2D eigenvalue weighted by Crippen LogP contribution is -2.56. The summed E-state index contributed by atoms with van der Waals surface area (Å²) in [6, 6.07) is 28.2. The molecule has 2 unspecified atom stereocenters. The number of piperazine rings is 1. The zero-order chi connectivity index (χ0) is 46.0. The number of fused-ring (bicyclic) bond motifs is 2.